The Balaban J connectivity index is 1.97. The van der Waals surface area contributed by atoms with Crippen LogP contribution >= 0.6 is 15.9 Å². The molecule has 0 aliphatic rings. The van der Waals surface area contributed by atoms with E-state index in [4.69, 9.17) is 0 Å². The van der Waals surface area contributed by atoms with Crippen LogP contribution in [0.2, 0.25) is 0 Å². The van der Waals surface area contributed by atoms with Gasteiger partial charge < -0.3 is 5.32 Å². The molecule has 0 amide bonds. The van der Waals surface area contributed by atoms with Crippen molar-refractivity contribution in [1.82, 2.24) is 5.32 Å². The second-order valence-electron chi connectivity index (χ2n) is 4.70. The summed E-state index contributed by atoms with van der Waals surface area (Å²) in [5, 5.41) is 3.34. The van der Waals surface area contributed by atoms with Gasteiger partial charge in [0.25, 0.3) is 6.43 Å². The molecule has 1 N–H and O–H groups in total. The van der Waals surface area contributed by atoms with Gasteiger partial charge in [-0.1, -0.05) is 46.3 Å². The second kappa shape index (κ2) is 6.95. The standard InChI is InChI=1S/C16H16BrF2N/c1-11(13-5-7-15(17)8-6-13)20-10-12-3-2-4-14(9-12)16(18)19/h2-9,11,16,20H,10H2,1H3. The average molecular weight is 340 g/mol. The van der Waals surface area contributed by atoms with E-state index in [0.717, 1.165) is 10.0 Å². The summed E-state index contributed by atoms with van der Waals surface area (Å²) < 4.78 is 26.3. The molecule has 0 aliphatic heterocycles. The number of hydrogen-bond acceptors (Lipinski definition) is 1. The smallest absolute Gasteiger partial charge is 0.263 e. The highest BCUT2D eigenvalue weighted by Crippen LogP contribution is 2.20. The molecule has 2 rings (SSSR count). The zero-order chi connectivity index (χ0) is 14.5. The van der Waals surface area contributed by atoms with Gasteiger partial charge in [-0.3, -0.25) is 0 Å². The molecule has 4 heteroatoms. The van der Waals surface area contributed by atoms with E-state index in [0.29, 0.717) is 6.54 Å². The Morgan fingerprint density at radius 3 is 2.40 bits per heavy atom. The summed E-state index contributed by atoms with van der Waals surface area (Å²) in [7, 11) is 0. The summed E-state index contributed by atoms with van der Waals surface area (Å²) in [5.74, 6) is 0. The lowest BCUT2D eigenvalue weighted by Crippen LogP contribution is -2.18. The van der Waals surface area contributed by atoms with Gasteiger partial charge in [-0.25, -0.2) is 8.78 Å². The van der Waals surface area contributed by atoms with Crippen molar-refractivity contribution in [3.63, 3.8) is 0 Å². The minimum atomic E-state index is -2.42. The van der Waals surface area contributed by atoms with Crippen LogP contribution in [0.3, 0.4) is 0 Å². The summed E-state index contributed by atoms with van der Waals surface area (Å²) >= 11 is 3.40. The first-order chi connectivity index (χ1) is 9.56. The first-order valence-electron chi connectivity index (χ1n) is 6.42. The molecule has 1 nitrogen and oxygen atoms in total. The Kier molecular flexibility index (Phi) is 5.26. The van der Waals surface area contributed by atoms with Gasteiger partial charge in [0.15, 0.2) is 0 Å². The lowest BCUT2D eigenvalue weighted by atomic mass is 10.1. The molecule has 1 unspecified atom stereocenters. The van der Waals surface area contributed by atoms with Crippen LogP contribution in [0.15, 0.2) is 53.0 Å². The molecular weight excluding hydrogens is 324 g/mol. The molecule has 1 atom stereocenters. The van der Waals surface area contributed by atoms with Gasteiger partial charge >= 0.3 is 0 Å². The first kappa shape index (κ1) is 15.1. The van der Waals surface area contributed by atoms with Crippen LogP contribution in [-0.4, -0.2) is 0 Å². The molecule has 0 heterocycles. The Morgan fingerprint density at radius 2 is 1.75 bits per heavy atom. The van der Waals surface area contributed by atoms with Crippen molar-refractivity contribution in [2.45, 2.75) is 25.9 Å². The fraction of sp³-hybridized carbons (Fsp3) is 0.250. The highest BCUT2D eigenvalue weighted by atomic mass is 79.9. The van der Waals surface area contributed by atoms with E-state index in [-0.39, 0.29) is 11.6 Å². The van der Waals surface area contributed by atoms with Crippen molar-refractivity contribution in [2.75, 3.05) is 0 Å². The lowest BCUT2D eigenvalue weighted by molar-refractivity contribution is 0.151. The summed E-state index contributed by atoms with van der Waals surface area (Å²) in [4.78, 5) is 0. The zero-order valence-electron chi connectivity index (χ0n) is 11.1. The maximum Gasteiger partial charge on any atom is 0.263 e. The van der Waals surface area contributed by atoms with Gasteiger partial charge in [0.2, 0.25) is 0 Å². The van der Waals surface area contributed by atoms with Crippen molar-refractivity contribution in [1.29, 1.82) is 0 Å². The Morgan fingerprint density at radius 1 is 1.05 bits per heavy atom. The van der Waals surface area contributed by atoms with Gasteiger partial charge in [-0.2, -0.15) is 0 Å². The number of nitrogens with one attached hydrogen (secondary N) is 1. The molecule has 0 spiro atoms. The molecular formula is C16H16BrF2N. The van der Waals surface area contributed by atoms with Crippen molar-refractivity contribution in [3.8, 4) is 0 Å². The summed E-state index contributed by atoms with van der Waals surface area (Å²) in [6.07, 6.45) is -2.42. The third kappa shape index (κ3) is 4.12. The normalized spacial score (nSPS) is 12.7. The quantitative estimate of drug-likeness (QED) is 0.785. The maximum absolute atomic E-state index is 12.6. The Labute approximate surface area is 126 Å². The SMILES string of the molecule is CC(NCc1cccc(C(F)F)c1)c1ccc(Br)cc1. The molecule has 0 aromatic heterocycles. The molecule has 2 aromatic rings. The van der Waals surface area contributed by atoms with Crippen LogP contribution in [0.25, 0.3) is 0 Å². The predicted octanol–water partition coefficient (Wildman–Crippen LogP) is 5.24. The van der Waals surface area contributed by atoms with E-state index in [1.165, 1.54) is 11.6 Å². The van der Waals surface area contributed by atoms with Crippen molar-refractivity contribution in [2.24, 2.45) is 0 Å². The molecule has 0 saturated heterocycles. The minimum Gasteiger partial charge on any atom is -0.306 e. The molecule has 0 saturated carbocycles. The zero-order valence-corrected chi connectivity index (χ0v) is 12.7. The monoisotopic (exact) mass is 339 g/mol. The van der Waals surface area contributed by atoms with Crippen molar-refractivity contribution >= 4 is 15.9 Å². The van der Waals surface area contributed by atoms with Crippen molar-refractivity contribution < 1.29 is 8.78 Å². The summed E-state index contributed by atoms with van der Waals surface area (Å²) in [6.45, 7) is 2.62. The van der Waals surface area contributed by atoms with Gasteiger partial charge in [-0.05, 0) is 36.2 Å². The number of benzene rings is 2. The molecule has 0 bridgehead atoms. The maximum atomic E-state index is 12.6. The van der Waals surface area contributed by atoms with E-state index in [9.17, 15) is 8.78 Å². The fourth-order valence-electron chi connectivity index (χ4n) is 1.98. The van der Waals surface area contributed by atoms with E-state index in [1.54, 1.807) is 12.1 Å². The van der Waals surface area contributed by atoms with Crippen LogP contribution < -0.4 is 5.32 Å². The molecule has 0 aliphatic carbocycles. The van der Waals surface area contributed by atoms with E-state index in [1.807, 2.05) is 30.3 Å². The van der Waals surface area contributed by atoms with Gasteiger partial charge in [0.05, 0.1) is 0 Å². The molecule has 0 radical (unpaired) electrons. The second-order valence-corrected chi connectivity index (χ2v) is 5.62. The van der Waals surface area contributed by atoms with Gasteiger partial charge in [0, 0.05) is 22.6 Å². The largest absolute Gasteiger partial charge is 0.306 e. The van der Waals surface area contributed by atoms with Crippen LogP contribution in [0.5, 0.6) is 0 Å². The topological polar surface area (TPSA) is 12.0 Å². The Bertz CT molecular complexity index is 555. The third-order valence-electron chi connectivity index (χ3n) is 3.19. The highest BCUT2D eigenvalue weighted by Gasteiger charge is 2.08. The number of alkyl halides is 2. The number of hydrogen-bond donors (Lipinski definition) is 1. The minimum absolute atomic E-state index is 0.0700. The summed E-state index contributed by atoms with van der Waals surface area (Å²) in [6, 6.07) is 14.7. The van der Waals surface area contributed by atoms with Crippen LogP contribution in [0.1, 0.15) is 36.1 Å². The summed E-state index contributed by atoms with van der Waals surface area (Å²) in [5.41, 5.74) is 2.10. The molecule has 20 heavy (non-hydrogen) atoms. The molecule has 0 fully saturated rings. The number of halogens is 3. The van der Waals surface area contributed by atoms with Crippen molar-refractivity contribution in [3.05, 3.63) is 69.7 Å². The lowest BCUT2D eigenvalue weighted by Gasteiger charge is -2.15. The van der Waals surface area contributed by atoms with Gasteiger partial charge in [-0.15, -0.1) is 0 Å². The predicted molar refractivity (Wildman–Crippen MR) is 80.8 cm³/mol. The first-order valence-corrected chi connectivity index (χ1v) is 7.21. The fourth-order valence-corrected chi connectivity index (χ4v) is 2.24. The average Bonchev–Trinajstić information content (AvgIpc) is 2.46. The van der Waals surface area contributed by atoms with Gasteiger partial charge in [0.1, 0.15) is 0 Å². The van der Waals surface area contributed by atoms with E-state index < -0.39 is 6.43 Å². The highest BCUT2D eigenvalue weighted by molar-refractivity contribution is 9.10. The van der Waals surface area contributed by atoms with Crippen LogP contribution in [0.4, 0.5) is 8.78 Å². The van der Waals surface area contributed by atoms with E-state index >= 15 is 0 Å². The van der Waals surface area contributed by atoms with Crippen LogP contribution in [-0.2, 0) is 6.54 Å². The van der Waals surface area contributed by atoms with E-state index in [2.05, 4.69) is 28.2 Å². The number of rotatable bonds is 5. The van der Waals surface area contributed by atoms with Crippen LogP contribution in [0, 0.1) is 0 Å². The molecule has 106 valence electrons. The molecule has 2 aromatic carbocycles. The third-order valence-corrected chi connectivity index (χ3v) is 3.71. The Hall–Kier alpha value is -1.26.